The number of rotatable bonds is 7. The predicted molar refractivity (Wildman–Crippen MR) is 92.7 cm³/mol. The van der Waals surface area contributed by atoms with Crippen molar-refractivity contribution >= 4 is 15.9 Å². The molecule has 0 saturated carbocycles. The van der Waals surface area contributed by atoms with E-state index in [1.165, 1.54) is 0 Å². The zero-order valence-corrected chi connectivity index (χ0v) is 15.5. The highest BCUT2D eigenvalue weighted by Crippen LogP contribution is 2.12. The topological polar surface area (TPSA) is 75.3 Å². The van der Waals surface area contributed by atoms with Gasteiger partial charge in [-0.1, -0.05) is 26.0 Å². The first kappa shape index (κ1) is 19.6. The van der Waals surface area contributed by atoms with Crippen molar-refractivity contribution < 1.29 is 13.2 Å². The fraction of sp³-hybridized carbons (Fsp3) is 0.588. The molecule has 0 fully saturated rings. The summed E-state index contributed by atoms with van der Waals surface area (Å²) in [5.74, 6) is 0.248. The first-order valence-electron chi connectivity index (χ1n) is 7.89. The van der Waals surface area contributed by atoms with Crippen LogP contribution in [0.15, 0.2) is 29.2 Å². The molecule has 23 heavy (non-hydrogen) atoms. The van der Waals surface area contributed by atoms with Crippen LogP contribution in [0.2, 0.25) is 0 Å². The molecule has 0 bridgehead atoms. The van der Waals surface area contributed by atoms with E-state index in [4.69, 9.17) is 0 Å². The zero-order chi connectivity index (χ0) is 17.7. The van der Waals surface area contributed by atoms with Gasteiger partial charge in [-0.2, -0.15) is 0 Å². The highest BCUT2D eigenvalue weighted by Gasteiger charge is 2.15. The first-order valence-corrected chi connectivity index (χ1v) is 9.37. The summed E-state index contributed by atoms with van der Waals surface area (Å²) in [5.41, 5.74) is 0.703. The van der Waals surface area contributed by atoms with Crippen LogP contribution in [0.1, 0.15) is 46.6 Å². The molecule has 0 saturated heterocycles. The second kappa shape index (κ2) is 7.93. The maximum atomic E-state index is 12.1. The van der Waals surface area contributed by atoms with E-state index in [0.717, 1.165) is 5.56 Å². The molecule has 0 spiro atoms. The van der Waals surface area contributed by atoms with Crippen molar-refractivity contribution in [2.24, 2.45) is 5.92 Å². The van der Waals surface area contributed by atoms with Crippen LogP contribution in [0.25, 0.3) is 0 Å². The highest BCUT2D eigenvalue weighted by atomic mass is 32.2. The average molecular weight is 340 g/mol. The predicted octanol–water partition coefficient (Wildman–Crippen LogP) is 2.47. The van der Waals surface area contributed by atoms with Gasteiger partial charge in [0.1, 0.15) is 0 Å². The van der Waals surface area contributed by atoms with Gasteiger partial charge in [-0.05, 0) is 50.8 Å². The summed E-state index contributed by atoms with van der Waals surface area (Å²) in [5, 5.41) is 2.91. The molecule has 1 amide bonds. The number of sulfonamides is 1. The van der Waals surface area contributed by atoms with E-state index in [1.807, 2.05) is 34.6 Å². The molecule has 0 aromatic heterocycles. The summed E-state index contributed by atoms with van der Waals surface area (Å²) < 4.78 is 26.8. The molecule has 0 aliphatic heterocycles. The van der Waals surface area contributed by atoms with Gasteiger partial charge in [0.2, 0.25) is 15.9 Å². The van der Waals surface area contributed by atoms with Crippen LogP contribution in [0.3, 0.4) is 0 Å². The van der Waals surface area contributed by atoms with Crippen LogP contribution >= 0.6 is 0 Å². The van der Waals surface area contributed by atoms with Crippen molar-refractivity contribution in [1.82, 2.24) is 10.0 Å². The fourth-order valence-corrected chi connectivity index (χ4v) is 3.15. The first-order chi connectivity index (χ1) is 10.5. The minimum atomic E-state index is -3.46. The number of hydrogen-bond donors (Lipinski definition) is 2. The van der Waals surface area contributed by atoms with Crippen molar-refractivity contribution in [2.45, 2.75) is 57.9 Å². The lowest BCUT2D eigenvalue weighted by Crippen LogP contribution is -2.40. The molecule has 0 atom stereocenters. The molecule has 0 radical (unpaired) electrons. The Hall–Kier alpha value is -1.40. The molecule has 5 nitrogen and oxygen atoms in total. The Balaban J connectivity index is 2.61. The van der Waals surface area contributed by atoms with Gasteiger partial charge in [0.25, 0.3) is 0 Å². The molecule has 0 heterocycles. The molecule has 2 N–H and O–H groups in total. The van der Waals surface area contributed by atoms with Crippen molar-refractivity contribution in [3.05, 3.63) is 29.8 Å². The lowest BCUT2D eigenvalue weighted by molar-refractivity contribution is -0.122. The van der Waals surface area contributed by atoms with Crippen LogP contribution in [-0.2, 0) is 21.2 Å². The summed E-state index contributed by atoms with van der Waals surface area (Å²) in [4.78, 5) is 12.0. The van der Waals surface area contributed by atoms with Crippen LogP contribution in [0.4, 0.5) is 0 Å². The number of nitrogens with one attached hydrogen (secondary N) is 2. The number of amides is 1. The zero-order valence-electron chi connectivity index (χ0n) is 14.6. The van der Waals surface area contributed by atoms with Gasteiger partial charge in [-0.3, -0.25) is 4.79 Å². The smallest absolute Gasteiger partial charge is 0.240 e. The van der Waals surface area contributed by atoms with Crippen LogP contribution < -0.4 is 10.0 Å². The number of aryl methyl sites for hydroxylation is 1. The molecule has 130 valence electrons. The fourth-order valence-electron chi connectivity index (χ4n) is 1.93. The lowest BCUT2D eigenvalue weighted by atomic mass is 10.1. The van der Waals surface area contributed by atoms with Gasteiger partial charge in [-0.25, -0.2) is 13.1 Å². The van der Waals surface area contributed by atoms with E-state index in [-0.39, 0.29) is 22.3 Å². The van der Waals surface area contributed by atoms with E-state index in [9.17, 15) is 13.2 Å². The van der Waals surface area contributed by atoms with E-state index in [0.29, 0.717) is 19.4 Å². The summed E-state index contributed by atoms with van der Waals surface area (Å²) in [6, 6.07) is 6.68. The van der Waals surface area contributed by atoms with Gasteiger partial charge in [-0.15, -0.1) is 0 Å². The second-order valence-electron chi connectivity index (χ2n) is 7.19. The third kappa shape index (κ3) is 7.61. The molecular weight excluding hydrogens is 312 g/mol. The maximum Gasteiger partial charge on any atom is 0.240 e. The summed E-state index contributed by atoms with van der Waals surface area (Å²) in [6.07, 6.45) is 0.969. The molecule has 1 rings (SSSR count). The quantitative estimate of drug-likeness (QED) is 0.800. The molecule has 6 heteroatoms. The Kier molecular flexibility index (Phi) is 6.77. The largest absolute Gasteiger partial charge is 0.351 e. The minimum absolute atomic E-state index is 0.00667. The SMILES string of the molecule is CC(C)CNS(=O)(=O)c1ccc(CCC(=O)NC(C)(C)C)cc1. The van der Waals surface area contributed by atoms with Crippen molar-refractivity contribution in [1.29, 1.82) is 0 Å². The molecule has 0 aliphatic carbocycles. The average Bonchev–Trinajstić information content (AvgIpc) is 2.42. The number of hydrogen-bond acceptors (Lipinski definition) is 3. The van der Waals surface area contributed by atoms with E-state index in [1.54, 1.807) is 24.3 Å². The Morgan fingerprint density at radius 2 is 1.70 bits per heavy atom. The Labute approximate surface area is 139 Å². The Morgan fingerprint density at radius 1 is 1.13 bits per heavy atom. The standard InChI is InChI=1S/C17H28N2O3S/c1-13(2)12-18-23(21,22)15-9-6-14(7-10-15)8-11-16(20)19-17(3,4)5/h6-7,9-10,13,18H,8,11-12H2,1-5H3,(H,19,20). The van der Waals surface area contributed by atoms with Crippen LogP contribution in [0, 0.1) is 5.92 Å². The monoisotopic (exact) mass is 340 g/mol. The third-order valence-corrected chi connectivity index (χ3v) is 4.51. The minimum Gasteiger partial charge on any atom is -0.351 e. The van der Waals surface area contributed by atoms with Crippen LogP contribution in [0.5, 0.6) is 0 Å². The van der Waals surface area contributed by atoms with E-state index in [2.05, 4.69) is 10.0 Å². The van der Waals surface area contributed by atoms with Crippen molar-refractivity contribution in [2.75, 3.05) is 6.54 Å². The van der Waals surface area contributed by atoms with Crippen LogP contribution in [-0.4, -0.2) is 26.4 Å². The van der Waals surface area contributed by atoms with Gasteiger partial charge >= 0.3 is 0 Å². The summed E-state index contributed by atoms with van der Waals surface area (Å²) >= 11 is 0. The van der Waals surface area contributed by atoms with Crippen molar-refractivity contribution in [3.8, 4) is 0 Å². The lowest BCUT2D eigenvalue weighted by Gasteiger charge is -2.20. The third-order valence-electron chi connectivity index (χ3n) is 3.07. The van der Waals surface area contributed by atoms with E-state index < -0.39 is 10.0 Å². The van der Waals surface area contributed by atoms with Crippen molar-refractivity contribution in [3.63, 3.8) is 0 Å². The molecular formula is C17H28N2O3S. The molecule has 0 unspecified atom stereocenters. The molecule has 0 aliphatic rings. The number of carbonyl (C=O) groups is 1. The number of benzene rings is 1. The maximum absolute atomic E-state index is 12.1. The van der Waals surface area contributed by atoms with Gasteiger partial charge < -0.3 is 5.32 Å². The van der Waals surface area contributed by atoms with Gasteiger partial charge in [0.05, 0.1) is 4.90 Å². The van der Waals surface area contributed by atoms with E-state index >= 15 is 0 Å². The normalized spacial score (nSPS) is 12.4. The Morgan fingerprint density at radius 3 is 2.17 bits per heavy atom. The second-order valence-corrected chi connectivity index (χ2v) is 8.95. The summed E-state index contributed by atoms with van der Waals surface area (Å²) in [6.45, 7) is 10.1. The molecule has 1 aromatic rings. The Bertz CT molecular complexity index is 614. The molecule has 1 aromatic carbocycles. The van der Waals surface area contributed by atoms with Gasteiger partial charge in [0, 0.05) is 18.5 Å². The van der Waals surface area contributed by atoms with Gasteiger partial charge in [0.15, 0.2) is 0 Å². The highest BCUT2D eigenvalue weighted by molar-refractivity contribution is 7.89. The summed E-state index contributed by atoms with van der Waals surface area (Å²) in [7, 11) is -3.46. The number of carbonyl (C=O) groups excluding carboxylic acids is 1.